The van der Waals surface area contributed by atoms with Crippen molar-refractivity contribution in [1.82, 2.24) is 10.3 Å². The summed E-state index contributed by atoms with van der Waals surface area (Å²) >= 11 is 0. The van der Waals surface area contributed by atoms with Gasteiger partial charge in [0, 0.05) is 16.7 Å². The second-order valence-corrected chi connectivity index (χ2v) is 5.28. The molecule has 0 saturated heterocycles. The molecule has 1 atom stereocenters. The molecule has 8 nitrogen and oxygen atoms in total. The summed E-state index contributed by atoms with van der Waals surface area (Å²) in [5.74, 6) is 1.87. The maximum absolute atomic E-state index is 14.6. The van der Waals surface area contributed by atoms with Gasteiger partial charge in [-0.3, -0.25) is 5.32 Å². The van der Waals surface area contributed by atoms with Crippen LogP contribution in [0.1, 0.15) is 28.3 Å². The standard InChI is InChI=1S/C17H11FN8/c1-2-8-3-4-9(11(18)5-8)14-12-13(21)10(6-19)15(22)25-16(12)26-17(24-14)23-7-20/h1,3-5,14H,(H6,21,22,23,24,25,26). The molecule has 1 unspecified atom stereocenters. The second-order valence-electron chi connectivity index (χ2n) is 5.28. The third kappa shape index (κ3) is 2.58. The van der Waals surface area contributed by atoms with Crippen molar-refractivity contribution < 1.29 is 4.39 Å². The topological polar surface area (TPSA) is 149 Å². The summed E-state index contributed by atoms with van der Waals surface area (Å²) in [5.41, 5.74) is 12.6. The van der Waals surface area contributed by atoms with Crippen molar-refractivity contribution in [3.05, 3.63) is 46.3 Å². The van der Waals surface area contributed by atoms with Gasteiger partial charge in [-0.25, -0.2) is 14.4 Å². The first-order valence-corrected chi connectivity index (χ1v) is 7.25. The van der Waals surface area contributed by atoms with Crippen LogP contribution in [-0.2, 0) is 0 Å². The molecule has 2 aromatic rings. The highest BCUT2D eigenvalue weighted by molar-refractivity contribution is 5.98. The number of nitrogens with two attached hydrogens (primary N) is 2. The molecule has 2 heterocycles. The molecule has 0 saturated carbocycles. The maximum Gasteiger partial charge on any atom is 0.211 e. The van der Waals surface area contributed by atoms with Gasteiger partial charge < -0.3 is 16.8 Å². The smallest absolute Gasteiger partial charge is 0.211 e. The monoisotopic (exact) mass is 346 g/mol. The van der Waals surface area contributed by atoms with E-state index in [4.69, 9.17) is 23.2 Å². The van der Waals surface area contributed by atoms with Crippen molar-refractivity contribution in [3.63, 3.8) is 0 Å². The Morgan fingerprint density at radius 2 is 2.08 bits per heavy atom. The van der Waals surface area contributed by atoms with Gasteiger partial charge in [-0.05, 0) is 12.1 Å². The molecular weight excluding hydrogens is 335 g/mol. The molecule has 126 valence electrons. The molecule has 0 aliphatic carbocycles. The van der Waals surface area contributed by atoms with Crippen LogP contribution in [0.3, 0.4) is 0 Å². The summed E-state index contributed by atoms with van der Waals surface area (Å²) in [7, 11) is 0. The Labute approximate surface area is 148 Å². The van der Waals surface area contributed by atoms with Crippen molar-refractivity contribution in [1.29, 1.82) is 10.5 Å². The van der Waals surface area contributed by atoms with E-state index < -0.39 is 11.9 Å². The summed E-state index contributed by atoms with van der Waals surface area (Å²) in [6.07, 6.45) is 7.00. The number of rotatable bonds is 1. The summed E-state index contributed by atoms with van der Waals surface area (Å²) in [5, 5.41) is 23.2. The Hall–Kier alpha value is -4.29. The zero-order valence-corrected chi connectivity index (χ0v) is 13.2. The first-order valence-electron chi connectivity index (χ1n) is 7.25. The number of pyridine rings is 1. The van der Waals surface area contributed by atoms with Gasteiger partial charge in [0.1, 0.15) is 35.1 Å². The van der Waals surface area contributed by atoms with E-state index >= 15 is 0 Å². The summed E-state index contributed by atoms with van der Waals surface area (Å²) < 4.78 is 14.6. The molecule has 1 aromatic heterocycles. The number of nitriles is 2. The number of aliphatic imine (C=N–C) groups is 1. The van der Waals surface area contributed by atoms with Crippen LogP contribution in [0.15, 0.2) is 23.2 Å². The molecule has 1 aliphatic rings. The number of nitrogens with zero attached hydrogens (tertiary/aromatic N) is 4. The minimum Gasteiger partial charge on any atom is -0.397 e. The van der Waals surface area contributed by atoms with Gasteiger partial charge in [0.15, 0.2) is 6.19 Å². The first-order chi connectivity index (χ1) is 12.5. The number of nitrogens with one attached hydrogen (secondary N) is 2. The highest BCUT2D eigenvalue weighted by Gasteiger charge is 2.31. The molecule has 9 heteroatoms. The summed E-state index contributed by atoms with van der Waals surface area (Å²) in [4.78, 5) is 8.37. The zero-order chi connectivity index (χ0) is 18.8. The normalized spacial score (nSPS) is 14.7. The number of hydrogen-bond acceptors (Lipinski definition) is 8. The fourth-order valence-electron chi connectivity index (χ4n) is 2.64. The van der Waals surface area contributed by atoms with Crippen LogP contribution in [0.4, 0.5) is 21.7 Å². The first kappa shape index (κ1) is 16.6. The molecule has 0 bridgehead atoms. The van der Waals surface area contributed by atoms with Gasteiger partial charge in [-0.2, -0.15) is 10.5 Å². The van der Waals surface area contributed by atoms with E-state index in [9.17, 15) is 9.65 Å². The van der Waals surface area contributed by atoms with Crippen LogP contribution in [-0.4, -0.2) is 10.9 Å². The molecule has 1 aromatic carbocycles. The molecule has 0 fully saturated rings. The van der Waals surface area contributed by atoms with Crippen LogP contribution in [0, 0.1) is 40.9 Å². The molecule has 0 radical (unpaired) electrons. The van der Waals surface area contributed by atoms with Gasteiger partial charge in [0.25, 0.3) is 0 Å². The average molecular weight is 346 g/mol. The average Bonchev–Trinajstić information content (AvgIpc) is 2.61. The lowest BCUT2D eigenvalue weighted by Gasteiger charge is -2.26. The van der Waals surface area contributed by atoms with Crippen LogP contribution in [0.5, 0.6) is 0 Å². The van der Waals surface area contributed by atoms with E-state index in [1.165, 1.54) is 12.1 Å². The number of fused-ring (bicyclic) bond motifs is 1. The molecule has 1 aliphatic heterocycles. The number of aromatic nitrogens is 1. The van der Waals surface area contributed by atoms with Crippen molar-refractivity contribution in [2.24, 2.45) is 4.99 Å². The minimum atomic E-state index is -0.950. The Kier molecular flexibility index (Phi) is 4.02. The van der Waals surface area contributed by atoms with Crippen LogP contribution >= 0.6 is 0 Å². The molecule has 6 N–H and O–H groups in total. The zero-order valence-electron chi connectivity index (χ0n) is 13.2. The van der Waals surface area contributed by atoms with E-state index in [0.717, 1.165) is 0 Å². The predicted molar refractivity (Wildman–Crippen MR) is 93.8 cm³/mol. The van der Waals surface area contributed by atoms with Crippen LogP contribution < -0.4 is 22.1 Å². The van der Waals surface area contributed by atoms with E-state index in [1.807, 2.05) is 6.07 Å². The maximum atomic E-state index is 14.6. The van der Waals surface area contributed by atoms with Gasteiger partial charge in [0.05, 0.1) is 5.69 Å². The fourth-order valence-corrected chi connectivity index (χ4v) is 2.64. The number of terminal acetylenes is 1. The lowest BCUT2D eigenvalue weighted by molar-refractivity contribution is 0.599. The molecule has 26 heavy (non-hydrogen) atoms. The lowest BCUT2D eigenvalue weighted by Crippen LogP contribution is -2.33. The van der Waals surface area contributed by atoms with Gasteiger partial charge in [-0.15, -0.1) is 6.42 Å². The summed E-state index contributed by atoms with van der Waals surface area (Å²) in [6.45, 7) is 0. The molecule has 0 spiro atoms. The number of benzene rings is 1. The number of halogens is 1. The van der Waals surface area contributed by atoms with E-state index in [0.29, 0.717) is 5.56 Å². The summed E-state index contributed by atoms with van der Waals surface area (Å²) in [6, 6.07) is 5.15. The van der Waals surface area contributed by atoms with Crippen LogP contribution in [0.25, 0.3) is 0 Å². The SMILES string of the molecule is C#Cc1ccc(C2N=C(NC#N)Nc3nc(N)c(C#N)c(N)c32)c(F)c1. The van der Waals surface area contributed by atoms with Gasteiger partial charge in [0.2, 0.25) is 5.96 Å². The van der Waals surface area contributed by atoms with Crippen molar-refractivity contribution in [2.45, 2.75) is 6.04 Å². The largest absolute Gasteiger partial charge is 0.397 e. The fraction of sp³-hybridized carbons (Fsp3) is 0.0588. The lowest BCUT2D eigenvalue weighted by atomic mass is 9.94. The Morgan fingerprint density at radius 1 is 1.31 bits per heavy atom. The number of hydrogen-bond donors (Lipinski definition) is 4. The third-order valence-electron chi connectivity index (χ3n) is 3.82. The third-order valence-corrected chi connectivity index (χ3v) is 3.82. The number of nitrogen functional groups attached to an aromatic ring is 2. The van der Waals surface area contributed by atoms with Gasteiger partial charge >= 0.3 is 0 Å². The number of guanidine groups is 1. The second kappa shape index (κ2) is 6.31. The van der Waals surface area contributed by atoms with Gasteiger partial charge in [-0.1, -0.05) is 12.0 Å². The van der Waals surface area contributed by atoms with Crippen LogP contribution in [0.2, 0.25) is 0 Å². The quantitative estimate of drug-likeness (QED) is 0.344. The van der Waals surface area contributed by atoms with E-state index in [1.54, 1.807) is 12.3 Å². The highest BCUT2D eigenvalue weighted by Crippen LogP contribution is 2.41. The van der Waals surface area contributed by atoms with Crippen molar-refractivity contribution in [2.75, 3.05) is 16.8 Å². The highest BCUT2D eigenvalue weighted by atomic mass is 19.1. The molecule has 3 rings (SSSR count). The van der Waals surface area contributed by atoms with Crippen molar-refractivity contribution in [3.8, 4) is 24.6 Å². The number of anilines is 3. The van der Waals surface area contributed by atoms with Crippen molar-refractivity contribution >= 4 is 23.3 Å². The minimum absolute atomic E-state index is 0.0249. The predicted octanol–water partition coefficient (Wildman–Crippen LogP) is 1.18. The Bertz CT molecular complexity index is 1070. The molecular formula is C17H11FN8. The van der Waals surface area contributed by atoms with E-state index in [-0.39, 0.29) is 40.0 Å². The molecule has 0 amide bonds. The Morgan fingerprint density at radius 3 is 2.69 bits per heavy atom. The Balaban J connectivity index is 2.27. The van der Waals surface area contributed by atoms with E-state index in [2.05, 4.69) is 26.5 Å².